The van der Waals surface area contributed by atoms with Gasteiger partial charge in [0.1, 0.15) is 0 Å². The van der Waals surface area contributed by atoms with E-state index in [0.29, 0.717) is 12.3 Å². The van der Waals surface area contributed by atoms with E-state index >= 15 is 0 Å². The summed E-state index contributed by atoms with van der Waals surface area (Å²) in [5, 5.41) is 7.44. The van der Waals surface area contributed by atoms with Crippen LogP contribution in [0, 0.1) is 13.8 Å². The van der Waals surface area contributed by atoms with Crippen molar-refractivity contribution >= 4 is 35.6 Å². The predicted octanol–water partition coefficient (Wildman–Crippen LogP) is 3.37. The summed E-state index contributed by atoms with van der Waals surface area (Å²) in [4.78, 5) is 13.7. The van der Waals surface area contributed by atoms with Gasteiger partial charge in [-0.05, 0) is 31.0 Å². The number of aromatic nitrogens is 2. The number of hydrogen-bond donors (Lipinski definition) is 1. The highest BCUT2D eigenvalue weighted by atomic mass is 127. The molecule has 2 heterocycles. The molecule has 1 aliphatic heterocycles. The van der Waals surface area contributed by atoms with Crippen molar-refractivity contribution in [2.45, 2.75) is 40.0 Å². The van der Waals surface area contributed by atoms with E-state index in [4.69, 9.17) is 4.52 Å². The molecular weight excluding hydrogens is 479 g/mol. The number of benzene rings is 1. The highest BCUT2D eigenvalue weighted by Crippen LogP contribution is 2.23. The Bertz CT molecular complexity index is 811. The van der Waals surface area contributed by atoms with Crippen LogP contribution in [0.15, 0.2) is 27.7 Å². The van der Waals surface area contributed by atoms with Gasteiger partial charge in [-0.2, -0.15) is 4.98 Å². The van der Waals surface area contributed by atoms with Crippen LogP contribution >= 0.6 is 24.0 Å². The maximum Gasteiger partial charge on any atom is 0.228 e. The Hall–Kier alpha value is -1.84. The van der Waals surface area contributed by atoms with E-state index in [9.17, 15) is 0 Å². The highest BCUT2D eigenvalue weighted by molar-refractivity contribution is 14.0. The Morgan fingerprint density at radius 1 is 1.21 bits per heavy atom. The number of anilines is 1. The first-order valence-corrected chi connectivity index (χ1v) is 10.1. The lowest BCUT2D eigenvalue weighted by atomic mass is 10.1. The Balaban J connectivity index is 0.00000300. The average Bonchev–Trinajstić information content (AvgIpc) is 3.17. The fourth-order valence-corrected chi connectivity index (χ4v) is 3.45. The fraction of sp³-hybridized carbons (Fsp3) is 0.571. The lowest BCUT2D eigenvalue weighted by Gasteiger charge is -2.38. The van der Waals surface area contributed by atoms with Gasteiger partial charge in [0.15, 0.2) is 11.8 Å². The van der Waals surface area contributed by atoms with Crippen molar-refractivity contribution in [2.75, 3.05) is 44.7 Å². The zero-order valence-corrected chi connectivity index (χ0v) is 20.4. The summed E-state index contributed by atoms with van der Waals surface area (Å²) in [5.74, 6) is 2.66. The maximum atomic E-state index is 5.31. The molecule has 0 amide bonds. The summed E-state index contributed by atoms with van der Waals surface area (Å²) in [6.45, 7) is 13.1. The average molecular weight is 512 g/mol. The number of nitrogens with one attached hydrogen (secondary N) is 1. The second-order valence-electron chi connectivity index (χ2n) is 7.62. The van der Waals surface area contributed by atoms with E-state index in [0.717, 1.165) is 44.5 Å². The number of piperazine rings is 1. The van der Waals surface area contributed by atoms with Gasteiger partial charge in [0, 0.05) is 57.8 Å². The lowest BCUT2D eigenvalue weighted by Crippen LogP contribution is -2.53. The van der Waals surface area contributed by atoms with Gasteiger partial charge in [-0.25, -0.2) is 0 Å². The van der Waals surface area contributed by atoms with Crippen LogP contribution in [0.4, 0.5) is 5.69 Å². The molecule has 29 heavy (non-hydrogen) atoms. The first-order valence-electron chi connectivity index (χ1n) is 10.1. The van der Waals surface area contributed by atoms with Gasteiger partial charge in [0.25, 0.3) is 0 Å². The molecule has 0 unspecified atom stereocenters. The van der Waals surface area contributed by atoms with Crippen LogP contribution in [0.3, 0.4) is 0 Å². The number of aliphatic imine (C=N–C) groups is 1. The smallest absolute Gasteiger partial charge is 0.228 e. The van der Waals surface area contributed by atoms with Crippen molar-refractivity contribution in [3.8, 4) is 0 Å². The van der Waals surface area contributed by atoms with Gasteiger partial charge < -0.3 is 19.6 Å². The van der Waals surface area contributed by atoms with Gasteiger partial charge in [-0.1, -0.05) is 31.1 Å². The number of aryl methyl sites for hydroxylation is 1. The molecular formula is C21H33IN6O. The van der Waals surface area contributed by atoms with E-state index in [-0.39, 0.29) is 29.9 Å². The Labute approximate surface area is 191 Å². The highest BCUT2D eigenvalue weighted by Gasteiger charge is 2.21. The lowest BCUT2D eigenvalue weighted by molar-refractivity contribution is 0.362. The number of halogens is 1. The van der Waals surface area contributed by atoms with Gasteiger partial charge in [0.2, 0.25) is 5.89 Å². The number of nitrogens with zero attached hydrogens (tertiary/aromatic N) is 5. The third-order valence-corrected chi connectivity index (χ3v) is 5.33. The molecule has 1 aromatic carbocycles. The summed E-state index contributed by atoms with van der Waals surface area (Å²) in [6, 6.07) is 6.54. The van der Waals surface area contributed by atoms with Crippen molar-refractivity contribution in [2.24, 2.45) is 4.99 Å². The molecule has 1 N–H and O–H groups in total. The SMILES string of the molecule is CN=C(NCCc1nc(C(C)C)no1)N1CCN(c2cccc(C)c2C)CC1.I. The number of rotatable bonds is 5. The minimum absolute atomic E-state index is 0. The van der Waals surface area contributed by atoms with Crippen LogP contribution in [0.5, 0.6) is 0 Å². The van der Waals surface area contributed by atoms with Crippen LogP contribution in [-0.4, -0.2) is 60.8 Å². The molecule has 0 atom stereocenters. The Kier molecular flexibility index (Phi) is 8.73. The van der Waals surface area contributed by atoms with Crippen LogP contribution in [0.25, 0.3) is 0 Å². The topological polar surface area (TPSA) is 69.8 Å². The molecule has 3 rings (SSSR count). The normalized spacial score (nSPS) is 14.9. The molecule has 7 nitrogen and oxygen atoms in total. The standard InChI is InChI=1S/C21H32N6O.HI/c1-15(2)20-24-19(28-25-20)9-10-23-21(22-5)27-13-11-26(12-14-27)18-8-6-7-16(3)17(18)4;/h6-8,15H,9-14H2,1-5H3,(H,22,23);1H. The van der Waals surface area contributed by atoms with E-state index in [2.05, 4.69) is 76.1 Å². The molecule has 160 valence electrons. The molecule has 2 aromatic rings. The zero-order chi connectivity index (χ0) is 20.1. The summed E-state index contributed by atoms with van der Waals surface area (Å²) in [6.07, 6.45) is 0.696. The third-order valence-electron chi connectivity index (χ3n) is 5.33. The number of guanidine groups is 1. The van der Waals surface area contributed by atoms with E-state index in [1.54, 1.807) is 0 Å². The molecule has 0 bridgehead atoms. The molecule has 0 saturated carbocycles. The van der Waals surface area contributed by atoms with Crippen molar-refractivity contribution in [1.29, 1.82) is 0 Å². The summed E-state index contributed by atoms with van der Waals surface area (Å²) >= 11 is 0. The fourth-order valence-electron chi connectivity index (χ4n) is 3.45. The minimum atomic E-state index is 0. The zero-order valence-electron chi connectivity index (χ0n) is 18.1. The van der Waals surface area contributed by atoms with Gasteiger partial charge in [-0.3, -0.25) is 4.99 Å². The maximum absolute atomic E-state index is 5.31. The van der Waals surface area contributed by atoms with Crippen molar-refractivity contribution in [3.05, 3.63) is 41.0 Å². The van der Waals surface area contributed by atoms with Crippen molar-refractivity contribution < 1.29 is 4.52 Å². The molecule has 0 aliphatic carbocycles. The van der Waals surface area contributed by atoms with E-state index in [1.807, 2.05) is 7.05 Å². The molecule has 1 aliphatic rings. The Morgan fingerprint density at radius 3 is 2.55 bits per heavy atom. The summed E-state index contributed by atoms with van der Waals surface area (Å²) < 4.78 is 5.31. The van der Waals surface area contributed by atoms with Crippen LogP contribution in [-0.2, 0) is 6.42 Å². The second kappa shape index (κ2) is 10.8. The quantitative estimate of drug-likeness (QED) is 0.377. The largest absolute Gasteiger partial charge is 0.368 e. The summed E-state index contributed by atoms with van der Waals surface area (Å²) in [5.41, 5.74) is 4.07. The first kappa shape index (κ1) is 23.4. The molecule has 8 heteroatoms. The number of hydrogen-bond acceptors (Lipinski definition) is 5. The van der Waals surface area contributed by atoms with Crippen molar-refractivity contribution in [1.82, 2.24) is 20.4 Å². The van der Waals surface area contributed by atoms with Crippen molar-refractivity contribution in [3.63, 3.8) is 0 Å². The molecule has 0 spiro atoms. The minimum Gasteiger partial charge on any atom is -0.368 e. The second-order valence-corrected chi connectivity index (χ2v) is 7.62. The molecule has 1 aromatic heterocycles. The predicted molar refractivity (Wildman–Crippen MR) is 129 cm³/mol. The first-order chi connectivity index (χ1) is 13.5. The molecule has 1 saturated heterocycles. The van der Waals surface area contributed by atoms with E-state index in [1.165, 1.54) is 16.8 Å². The van der Waals surface area contributed by atoms with Gasteiger partial charge >= 0.3 is 0 Å². The summed E-state index contributed by atoms with van der Waals surface area (Å²) in [7, 11) is 1.84. The molecule has 0 radical (unpaired) electrons. The van der Waals surface area contributed by atoms with Gasteiger partial charge in [0.05, 0.1) is 0 Å². The van der Waals surface area contributed by atoms with Crippen LogP contribution < -0.4 is 10.2 Å². The van der Waals surface area contributed by atoms with Crippen LogP contribution in [0.2, 0.25) is 0 Å². The van der Waals surface area contributed by atoms with E-state index < -0.39 is 0 Å². The molecule has 1 fully saturated rings. The van der Waals surface area contributed by atoms with Gasteiger partial charge in [-0.15, -0.1) is 24.0 Å². The third kappa shape index (κ3) is 5.83. The van der Waals surface area contributed by atoms with Crippen LogP contribution in [0.1, 0.15) is 42.6 Å². The monoisotopic (exact) mass is 512 g/mol. The Morgan fingerprint density at radius 2 is 1.93 bits per heavy atom.